The predicted octanol–water partition coefficient (Wildman–Crippen LogP) is 2.08. The summed E-state index contributed by atoms with van der Waals surface area (Å²) in [5.41, 5.74) is 9.35. The number of benzene rings is 1. The van der Waals surface area contributed by atoms with Crippen molar-refractivity contribution in [3.8, 4) is 11.4 Å². The van der Waals surface area contributed by atoms with Gasteiger partial charge < -0.3 is 10.5 Å². The number of rotatable bonds is 2. The minimum Gasteiger partial charge on any atom is -0.494 e. The average Bonchev–Trinajstić information content (AvgIpc) is 2.57. The topological polar surface area (TPSA) is 53.1 Å². The van der Waals surface area contributed by atoms with Crippen LogP contribution in [0.2, 0.25) is 0 Å². The summed E-state index contributed by atoms with van der Waals surface area (Å²) >= 11 is 0. The van der Waals surface area contributed by atoms with Gasteiger partial charge in [0.05, 0.1) is 12.8 Å². The van der Waals surface area contributed by atoms with E-state index in [1.54, 1.807) is 13.2 Å². The summed E-state index contributed by atoms with van der Waals surface area (Å²) in [5, 5.41) is 4.41. The normalized spacial score (nSPS) is 10.4. The molecule has 2 N–H and O–H groups in total. The highest BCUT2D eigenvalue weighted by molar-refractivity contribution is 5.56. The number of aromatic nitrogens is 2. The molecule has 0 fully saturated rings. The maximum Gasteiger partial charge on any atom is 0.146 e. The highest BCUT2D eigenvalue weighted by atomic mass is 16.5. The molecule has 0 atom stereocenters. The molecule has 0 radical (unpaired) electrons. The van der Waals surface area contributed by atoms with E-state index in [2.05, 4.69) is 5.10 Å². The molecule has 84 valence electrons. The molecular formula is C12H15N3O. The first kappa shape index (κ1) is 10.5. The van der Waals surface area contributed by atoms with Crippen molar-refractivity contribution in [3.05, 3.63) is 35.7 Å². The highest BCUT2D eigenvalue weighted by Crippen LogP contribution is 2.26. The van der Waals surface area contributed by atoms with E-state index in [0.29, 0.717) is 5.69 Å². The minimum atomic E-state index is 0.683. The zero-order chi connectivity index (χ0) is 11.7. The van der Waals surface area contributed by atoms with Crippen LogP contribution in [0, 0.1) is 13.8 Å². The standard InChI is InChI=1S/C12H15N3O/c1-8-6-9(2)15(14-8)11-5-4-10(13)7-12(11)16-3/h4-7H,13H2,1-3H3. The Balaban J connectivity index is 2.59. The molecule has 0 aliphatic rings. The van der Waals surface area contributed by atoms with Gasteiger partial charge in [0, 0.05) is 17.4 Å². The Morgan fingerprint density at radius 1 is 1.25 bits per heavy atom. The summed E-state index contributed by atoms with van der Waals surface area (Å²) < 4.78 is 7.16. The average molecular weight is 217 g/mol. The van der Waals surface area contributed by atoms with Crippen LogP contribution in [0.15, 0.2) is 24.3 Å². The molecule has 0 bridgehead atoms. The Bertz CT molecular complexity index is 517. The van der Waals surface area contributed by atoms with Crippen LogP contribution >= 0.6 is 0 Å². The second-order valence-electron chi connectivity index (χ2n) is 3.77. The summed E-state index contributed by atoms with van der Waals surface area (Å²) in [4.78, 5) is 0. The van der Waals surface area contributed by atoms with Gasteiger partial charge in [0.15, 0.2) is 0 Å². The van der Waals surface area contributed by atoms with Gasteiger partial charge in [-0.2, -0.15) is 5.10 Å². The lowest BCUT2D eigenvalue weighted by molar-refractivity contribution is 0.411. The van der Waals surface area contributed by atoms with E-state index >= 15 is 0 Å². The fraction of sp³-hybridized carbons (Fsp3) is 0.250. The number of ether oxygens (including phenoxy) is 1. The van der Waals surface area contributed by atoms with Gasteiger partial charge in [0.2, 0.25) is 0 Å². The molecular weight excluding hydrogens is 202 g/mol. The molecule has 0 saturated carbocycles. The van der Waals surface area contributed by atoms with E-state index in [0.717, 1.165) is 22.8 Å². The largest absolute Gasteiger partial charge is 0.494 e. The van der Waals surface area contributed by atoms with Crippen LogP contribution in [0.4, 0.5) is 5.69 Å². The molecule has 0 unspecified atom stereocenters. The highest BCUT2D eigenvalue weighted by Gasteiger charge is 2.09. The van der Waals surface area contributed by atoms with Gasteiger partial charge in [-0.3, -0.25) is 0 Å². The third kappa shape index (κ3) is 1.74. The first-order valence-corrected chi connectivity index (χ1v) is 5.09. The van der Waals surface area contributed by atoms with Crippen molar-refractivity contribution in [2.75, 3.05) is 12.8 Å². The Morgan fingerprint density at radius 2 is 2.00 bits per heavy atom. The van der Waals surface area contributed by atoms with Gasteiger partial charge in [-0.15, -0.1) is 0 Å². The molecule has 2 aromatic rings. The number of nitrogen functional groups attached to an aromatic ring is 1. The molecule has 1 heterocycles. The molecule has 0 aliphatic heterocycles. The molecule has 16 heavy (non-hydrogen) atoms. The van der Waals surface area contributed by atoms with E-state index < -0.39 is 0 Å². The van der Waals surface area contributed by atoms with Crippen molar-refractivity contribution in [3.63, 3.8) is 0 Å². The summed E-state index contributed by atoms with van der Waals surface area (Å²) in [6.45, 7) is 3.98. The van der Waals surface area contributed by atoms with E-state index in [4.69, 9.17) is 10.5 Å². The smallest absolute Gasteiger partial charge is 0.146 e. The fourth-order valence-electron chi connectivity index (χ4n) is 1.74. The monoisotopic (exact) mass is 217 g/mol. The van der Waals surface area contributed by atoms with Gasteiger partial charge in [0.1, 0.15) is 11.4 Å². The van der Waals surface area contributed by atoms with Crippen LogP contribution in [0.3, 0.4) is 0 Å². The third-order valence-corrected chi connectivity index (χ3v) is 2.44. The minimum absolute atomic E-state index is 0.683. The lowest BCUT2D eigenvalue weighted by Gasteiger charge is -2.10. The Kier molecular flexibility index (Phi) is 2.56. The number of hydrogen-bond acceptors (Lipinski definition) is 3. The zero-order valence-electron chi connectivity index (χ0n) is 9.69. The van der Waals surface area contributed by atoms with E-state index in [9.17, 15) is 0 Å². The Labute approximate surface area is 94.6 Å². The summed E-state index contributed by atoms with van der Waals surface area (Å²) in [7, 11) is 1.63. The van der Waals surface area contributed by atoms with Crippen LogP contribution in [0.5, 0.6) is 5.75 Å². The Hall–Kier alpha value is -1.97. The number of hydrogen-bond donors (Lipinski definition) is 1. The quantitative estimate of drug-likeness (QED) is 0.783. The SMILES string of the molecule is COc1cc(N)ccc1-n1nc(C)cc1C. The van der Waals surface area contributed by atoms with Gasteiger partial charge in [-0.05, 0) is 32.0 Å². The summed E-state index contributed by atoms with van der Waals surface area (Å²) in [5.74, 6) is 0.728. The molecule has 4 nitrogen and oxygen atoms in total. The van der Waals surface area contributed by atoms with E-state index in [1.165, 1.54) is 0 Å². The van der Waals surface area contributed by atoms with Gasteiger partial charge in [-0.1, -0.05) is 0 Å². The molecule has 0 amide bonds. The number of nitrogens with two attached hydrogens (primary N) is 1. The van der Waals surface area contributed by atoms with Gasteiger partial charge >= 0.3 is 0 Å². The van der Waals surface area contributed by atoms with Crippen molar-refractivity contribution < 1.29 is 4.74 Å². The molecule has 2 rings (SSSR count). The number of aryl methyl sites for hydroxylation is 2. The zero-order valence-corrected chi connectivity index (χ0v) is 9.69. The molecule has 0 saturated heterocycles. The lowest BCUT2D eigenvalue weighted by Crippen LogP contribution is -2.02. The van der Waals surface area contributed by atoms with Crippen LogP contribution in [0.1, 0.15) is 11.4 Å². The predicted molar refractivity (Wildman–Crippen MR) is 64.0 cm³/mol. The first-order chi connectivity index (χ1) is 7.61. The number of anilines is 1. The van der Waals surface area contributed by atoms with Crippen LogP contribution < -0.4 is 10.5 Å². The van der Waals surface area contributed by atoms with Crippen LogP contribution in [-0.2, 0) is 0 Å². The van der Waals surface area contributed by atoms with Crippen molar-refractivity contribution in [1.29, 1.82) is 0 Å². The van der Waals surface area contributed by atoms with Crippen molar-refractivity contribution >= 4 is 5.69 Å². The van der Waals surface area contributed by atoms with Crippen LogP contribution in [0.25, 0.3) is 5.69 Å². The molecule has 1 aromatic heterocycles. The second kappa shape index (κ2) is 3.89. The maximum absolute atomic E-state index is 5.71. The van der Waals surface area contributed by atoms with Crippen molar-refractivity contribution in [1.82, 2.24) is 9.78 Å². The third-order valence-electron chi connectivity index (χ3n) is 2.44. The Morgan fingerprint density at radius 3 is 2.56 bits per heavy atom. The fourth-order valence-corrected chi connectivity index (χ4v) is 1.74. The van der Waals surface area contributed by atoms with Gasteiger partial charge in [-0.25, -0.2) is 4.68 Å². The van der Waals surface area contributed by atoms with Crippen molar-refractivity contribution in [2.45, 2.75) is 13.8 Å². The molecule has 0 spiro atoms. The van der Waals surface area contributed by atoms with Crippen LogP contribution in [-0.4, -0.2) is 16.9 Å². The summed E-state index contributed by atoms with van der Waals surface area (Å²) in [6, 6.07) is 7.57. The van der Waals surface area contributed by atoms with E-state index in [1.807, 2.05) is 36.7 Å². The second-order valence-corrected chi connectivity index (χ2v) is 3.77. The first-order valence-electron chi connectivity index (χ1n) is 5.09. The number of nitrogens with zero attached hydrogens (tertiary/aromatic N) is 2. The summed E-state index contributed by atoms with van der Waals surface area (Å²) in [6.07, 6.45) is 0. The molecule has 0 aliphatic carbocycles. The molecule has 4 heteroatoms. The van der Waals surface area contributed by atoms with Gasteiger partial charge in [0.25, 0.3) is 0 Å². The number of methoxy groups -OCH3 is 1. The lowest BCUT2D eigenvalue weighted by atomic mass is 10.2. The van der Waals surface area contributed by atoms with Crippen molar-refractivity contribution in [2.24, 2.45) is 0 Å². The maximum atomic E-state index is 5.71. The van der Waals surface area contributed by atoms with E-state index in [-0.39, 0.29) is 0 Å². The molecule has 1 aromatic carbocycles.